The molecule has 20 heavy (non-hydrogen) atoms. The summed E-state index contributed by atoms with van der Waals surface area (Å²) < 4.78 is 0. The van der Waals surface area contributed by atoms with E-state index in [4.69, 9.17) is 0 Å². The quantitative estimate of drug-likeness (QED) is 0.903. The normalized spacial score (nSPS) is 13.7. The second-order valence-corrected chi connectivity index (χ2v) is 5.14. The van der Waals surface area contributed by atoms with Crippen LogP contribution in [0, 0.1) is 0 Å². The highest BCUT2D eigenvalue weighted by atomic mass is 14.8. The monoisotopic (exact) mass is 265 g/mol. The Hall–Kier alpha value is -2.00. The SMILES string of the molecule is CNCCC1=C(Cc2cnccn2)c2ccccc2C1. The van der Waals surface area contributed by atoms with Gasteiger partial charge in [-0.05, 0) is 43.1 Å². The van der Waals surface area contributed by atoms with E-state index < -0.39 is 0 Å². The molecule has 1 aromatic heterocycles. The zero-order valence-electron chi connectivity index (χ0n) is 11.8. The second-order valence-electron chi connectivity index (χ2n) is 5.14. The highest BCUT2D eigenvalue weighted by Crippen LogP contribution is 2.35. The van der Waals surface area contributed by atoms with Crippen molar-refractivity contribution in [1.29, 1.82) is 0 Å². The molecule has 1 aliphatic rings. The highest BCUT2D eigenvalue weighted by Gasteiger charge is 2.20. The Labute approximate surface area is 119 Å². The number of hydrogen-bond donors (Lipinski definition) is 1. The van der Waals surface area contributed by atoms with Crippen LogP contribution < -0.4 is 5.32 Å². The Morgan fingerprint density at radius 1 is 1.20 bits per heavy atom. The zero-order chi connectivity index (χ0) is 13.8. The first-order valence-corrected chi connectivity index (χ1v) is 7.07. The highest BCUT2D eigenvalue weighted by molar-refractivity contribution is 5.77. The molecule has 0 saturated heterocycles. The lowest BCUT2D eigenvalue weighted by Crippen LogP contribution is -2.09. The van der Waals surface area contributed by atoms with Gasteiger partial charge in [-0.2, -0.15) is 0 Å². The second kappa shape index (κ2) is 5.97. The first-order chi connectivity index (χ1) is 9.88. The fourth-order valence-electron chi connectivity index (χ4n) is 2.83. The molecular formula is C17H19N3. The number of fused-ring (bicyclic) bond motifs is 1. The van der Waals surface area contributed by atoms with Crippen molar-refractivity contribution in [3.8, 4) is 0 Å². The topological polar surface area (TPSA) is 37.8 Å². The number of nitrogens with zero attached hydrogens (tertiary/aromatic N) is 2. The number of aromatic nitrogens is 2. The van der Waals surface area contributed by atoms with Gasteiger partial charge in [0.15, 0.2) is 0 Å². The molecule has 0 atom stereocenters. The van der Waals surface area contributed by atoms with Gasteiger partial charge in [-0.15, -0.1) is 0 Å². The number of allylic oxidation sites excluding steroid dienone is 1. The van der Waals surface area contributed by atoms with E-state index in [1.807, 2.05) is 13.2 Å². The lowest BCUT2D eigenvalue weighted by Gasteiger charge is -2.08. The van der Waals surface area contributed by atoms with Gasteiger partial charge in [0.05, 0.1) is 5.69 Å². The molecule has 3 nitrogen and oxygen atoms in total. The van der Waals surface area contributed by atoms with Crippen molar-refractivity contribution in [2.24, 2.45) is 0 Å². The molecule has 3 rings (SSSR count). The molecule has 0 unspecified atom stereocenters. The third kappa shape index (κ3) is 2.63. The minimum atomic E-state index is 0.879. The first kappa shape index (κ1) is 13.0. The van der Waals surface area contributed by atoms with E-state index in [1.165, 1.54) is 22.3 Å². The van der Waals surface area contributed by atoms with E-state index in [0.717, 1.165) is 31.5 Å². The van der Waals surface area contributed by atoms with Gasteiger partial charge >= 0.3 is 0 Å². The Bertz CT molecular complexity index is 617. The summed E-state index contributed by atoms with van der Waals surface area (Å²) in [7, 11) is 2.00. The largest absolute Gasteiger partial charge is 0.319 e. The smallest absolute Gasteiger partial charge is 0.0630 e. The maximum Gasteiger partial charge on any atom is 0.0630 e. The van der Waals surface area contributed by atoms with Crippen LogP contribution >= 0.6 is 0 Å². The standard InChI is InChI=1S/C17H19N3/c1-18-7-6-14-10-13-4-2-3-5-16(13)17(14)11-15-12-19-8-9-20-15/h2-5,8-9,12,18H,6-7,10-11H2,1H3. The molecule has 0 amide bonds. The fraction of sp³-hybridized carbons (Fsp3) is 0.294. The lowest BCUT2D eigenvalue weighted by molar-refractivity contribution is 0.776. The molecule has 0 saturated carbocycles. The van der Waals surface area contributed by atoms with Crippen LogP contribution in [0.15, 0.2) is 48.4 Å². The maximum atomic E-state index is 4.42. The summed E-state index contributed by atoms with van der Waals surface area (Å²) in [5, 5.41) is 3.24. The van der Waals surface area contributed by atoms with Crippen molar-refractivity contribution in [3.63, 3.8) is 0 Å². The third-order valence-electron chi connectivity index (χ3n) is 3.82. The molecule has 1 aliphatic carbocycles. The van der Waals surface area contributed by atoms with Crippen molar-refractivity contribution in [1.82, 2.24) is 15.3 Å². The molecule has 3 heteroatoms. The van der Waals surface area contributed by atoms with Gasteiger partial charge in [-0.3, -0.25) is 9.97 Å². The predicted molar refractivity (Wildman–Crippen MR) is 81.3 cm³/mol. The van der Waals surface area contributed by atoms with E-state index >= 15 is 0 Å². The number of benzene rings is 1. The molecule has 2 aromatic rings. The Balaban J connectivity index is 1.92. The minimum absolute atomic E-state index is 0.879. The van der Waals surface area contributed by atoms with Crippen LogP contribution in [-0.4, -0.2) is 23.6 Å². The van der Waals surface area contributed by atoms with Gasteiger partial charge in [0.1, 0.15) is 0 Å². The van der Waals surface area contributed by atoms with Crippen LogP contribution in [0.5, 0.6) is 0 Å². The lowest BCUT2D eigenvalue weighted by atomic mass is 10.00. The van der Waals surface area contributed by atoms with E-state index in [1.54, 1.807) is 12.4 Å². The van der Waals surface area contributed by atoms with Gasteiger partial charge in [0.25, 0.3) is 0 Å². The molecule has 0 aliphatic heterocycles. The van der Waals surface area contributed by atoms with Crippen molar-refractivity contribution in [3.05, 3.63) is 65.2 Å². The Morgan fingerprint density at radius 3 is 2.90 bits per heavy atom. The Morgan fingerprint density at radius 2 is 2.10 bits per heavy atom. The van der Waals surface area contributed by atoms with Crippen LogP contribution in [0.2, 0.25) is 0 Å². The van der Waals surface area contributed by atoms with Gasteiger partial charge in [-0.1, -0.05) is 29.8 Å². The van der Waals surface area contributed by atoms with Crippen molar-refractivity contribution in [2.75, 3.05) is 13.6 Å². The minimum Gasteiger partial charge on any atom is -0.319 e. The van der Waals surface area contributed by atoms with Crippen molar-refractivity contribution in [2.45, 2.75) is 19.3 Å². The summed E-state index contributed by atoms with van der Waals surface area (Å²) in [6, 6.07) is 8.71. The maximum absolute atomic E-state index is 4.42. The van der Waals surface area contributed by atoms with Crippen LogP contribution in [-0.2, 0) is 12.8 Å². The molecule has 1 aromatic carbocycles. The molecule has 102 valence electrons. The Kier molecular flexibility index (Phi) is 3.88. The van der Waals surface area contributed by atoms with E-state index in [-0.39, 0.29) is 0 Å². The van der Waals surface area contributed by atoms with Gasteiger partial charge in [-0.25, -0.2) is 0 Å². The zero-order valence-corrected chi connectivity index (χ0v) is 11.8. The van der Waals surface area contributed by atoms with Crippen LogP contribution in [0.4, 0.5) is 0 Å². The van der Waals surface area contributed by atoms with Gasteiger partial charge in [0.2, 0.25) is 0 Å². The van der Waals surface area contributed by atoms with Crippen LogP contribution in [0.1, 0.15) is 23.2 Å². The summed E-state index contributed by atoms with van der Waals surface area (Å²) in [6.45, 7) is 1.02. The fourth-order valence-corrected chi connectivity index (χ4v) is 2.83. The molecule has 1 N–H and O–H groups in total. The molecule has 0 bridgehead atoms. The number of hydrogen-bond acceptors (Lipinski definition) is 3. The number of nitrogens with one attached hydrogen (secondary N) is 1. The third-order valence-corrected chi connectivity index (χ3v) is 3.82. The summed E-state index contributed by atoms with van der Waals surface area (Å²) in [5.41, 5.74) is 6.85. The van der Waals surface area contributed by atoms with Gasteiger partial charge in [0, 0.05) is 25.0 Å². The summed E-state index contributed by atoms with van der Waals surface area (Å²) in [5.74, 6) is 0. The van der Waals surface area contributed by atoms with Crippen molar-refractivity contribution < 1.29 is 0 Å². The predicted octanol–water partition coefficient (Wildman–Crippen LogP) is 2.64. The average Bonchev–Trinajstić information content (AvgIpc) is 2.84. The van der Waals surface area contributed by atoms with Crippen molar-refractivity contribution >= 4 is 5.57 Å². The summed E-state index contributed by atoms with van der Waals surface area (Å²) in [4.78, 5) is 8.59. The summed E-state index contributed by atoms with van der Waals surface area (Å²) >= 11 is 0. The van der Waals surface area contributed by atoms with Crippen LogP contribution in [0.25, 0.3) is 5.57 Å². The van der Waals surface area contributed by atoms with E-state index in [9.17, 15) is 0 Å². The van der Waals surface area contributed by atoms with Crippen LogP contribution in [0.3, 0.4) is 0 Å². The average molecular weight is 265 g/mol. The molecular weight excluding hydrogens is 246 g/mol. The molecule has 1 heterocycles. The first-order valence-electron chi connectivity index (χ1n) is 7.07. The summed E-state index contributed by atoms with van der Waals surface area (Å²) in [6.07, 6.45) is 8.41. The molecule has 0 fully saturated rings. The van der Waals surface area contributed by atoms with E-state index in [0.29, 0.717) is 0 Å². The number of rotatable bonds is 5. The molecule has 0 spiro atoms. The van der Waals surface area contributed by atoms with E-state index in [2.05, 4.69) is 39.6 Å². The molecule has 0 radical (unpaired) electrons. The van der Waals surface area contributed by atoms with Gasteiger partial charge < -0.3 is 5.32 Å².